The van der Waals surface area contributed by atoms with Crippen LogP contribution in [0.2, 0.25) is 0 Å². The summed E-state index contributed by atoms with van der Waals surface area (Å²) in [6.45, 7) is 12.9. The lowest BCUT2D eigenvalue weighted by Gasteiger charge is -2.39. The van der Waals surface area contributed by atoms with Crippen molar-refractivity contribution in [2.45, 2.75) is 79.1 Å². The summed E-state index contributed by atoms with van der Waals surface area (Å²) in [6.07, 6.45) is 6.15. The van der Waals surface area contributed by atoms with Crippen molar-refractivity contribution in [3.63, 3.8) is 0 Å². The Morgan fingerprint density at radius 1 is 0.239 bits per heavy atom. The Kier molecular flexibility index (Phi) is 29.6. The van der Waals surface area contributed by atoms with Crippen LogP contribution in [0.3, 0.4) is 0 Å². The van der Waals surface area contributed by atoms with Crippen molar-refractivity contribution in [3.05, 3.63) is 542 Å². The van der Waals surface area contributed by atoms with Crippen molar-refractivity contribution in [3.8, 4) is 22.3 Å². The molecule has 1 fully saturated rings. The lowest BCUT2D eigenvalue weighted by Crippen LogP contribution is -2.30. The molecule has 0 heterocycles. The van der Waals surface area contributed by atoms with E-state index in [2.05, 4.69) is 590 Å². The summed E-state index contributed by atoms with van der Waals surface area (Å²) < 4.78 is 14.6. The van der Waals surface area contributed by atoms with Gasteiger partial charge in [-0.05, 0) is 325 Å². The number of hydrogen-bond donors (Lipinski definition) is 0. The predicted molar refractivity (Wildman–Crippen MR) is 600 cm³/mol. The number of rotatable bonds is 22. The predicted octanol–water partition coefficient (Wildman–Crippen LogP) is 37.1. The first-order valence-electron chi connectivity index (χ1n) is 48.4. The molecule has 0 saturated heterocycles. The Morgan fingerprint density at radius 2 is 0.442 bits per heavy atom. The van der Waals surface area contributed by atoms with E-state index in [0.29, 0.717) is 0 Å². The number of aryl methyl sites for hydroxylation is 6. The first-order chi connectivity index (χ1) is 68.7. The highest BCUT2D eigenvalue weighted by Crippen LogP contribution is 2.50. The Morgan fingerprint density at radius 3 is 0.717 bits per heavy atom. The smallest absolute Gasteiger partial charge is 0.265 e. The number of benzene rings is 20. The van der Waals surface area contributed by atoms with Crippen LogP contribution in [0.15, 0.2) is 502 Å². The summed E-state index contributed by atoms with van der Waals surface area (Å²) in [5, 5.41) is 4.90. The van der Waals surface area contributed by atoms with E-state index in [9.17, 15) is 0 Å². The van der Waals surface area contributed by atoms with Gasteiger partial charge in [0.25, 0.3) is 7.98 Å². The van der Waals surface area contributed by atoms with Crippen LogP contribution in [0.4, 0.5) is 102 Å². The zero-order valence-corrected chi connectivity index (χ0v) is 81.1. The third-order valence-corrected chi connectivity index (χ3v) is 26.0. The van der Waals surface area contributed by atoms with Gasteiger partial charge in [0.2, 0.25) is 0 Å². The highest BCUT2D eigenvalue weighted by atomic mass is 31.0. The number of para-hydroxylation sites is 4. The summed E-state index contributed by atoms with van der Waals surface area (Å²) in [5.41, 5.74) is 35.9. The average Bonchev–Trinajstić information content (AvgIpc) is 0.759. The molecule has 0 bridgehead atoms. The quantitative estimate of drug-likeness (QED) is 0.0497. The van der Waals surface area contributed by atoms with Gasteiger partial charge < -0.3 is 34.1 Å². The molecule has 1 unspecified atom stereocenters. The summed E-state index contributed by atoms with van der Waals surface area (Å²) in [7, 11) is 6.56. The van der Waals surface area contributed by atoms with Crippen molar-refractivity contribution < 1.29 is 0 Å². The van der Waals surface area contributed by atoms with E-state index in [1.807, 2.05) is 0 Å². The average molecular weight is 1830 g/mol. The molecule has 1 saturated carbocycles. The van der Waals surface area contributed by atoms with E-state index in [0.717, 1.165) is 68.2 Å². The Bertz CT molecular complexity index is 6840. The fourth-order valence-corrected chi connectivity index (χ4v) is 19.0. The fraction of sp³-hybridized carbons (Fsp3) is 0.0938. The largest absolute Gasteiger partial charge is 0.344 e. The summed E-state index contributed by atoms with van der Waals surface area (Å²) in [6, 6.07) is 180. The maximum Gasteiger partial charge on any atom is 0.265 e. The molecular formula is C128H114BN7P2. The number of fused-ring (bicyclic) bond motifs is 2. The van der Waals surface area contributed by atoms with Gasteiger partial charge in [0.15, 0.2) is 0 Å². The van der Waals surface area contributed by atoms with Crippen LogP contribution in [0.5, 0.6) is 0 Å². The number of nitrogens with zero attached hydrogens (tertiary/aromatic N) is 7. The van der Waals surface area contributed by atoms with Crippen molar-refractivity contribution in [2.24, 2.45) is 4.66 Å². The van der Waals surface area contributed by atoms with Crippen LogP contribution in [0.25, 0.3) is 43.8 Å². The van der Waals surface area contributed by atoms with Crippen LogP contribution in [-0.2, 0) is 5.41 Å². The summed E-state index contributed by atoms with van der Waals surface area (Å²) in [4.78, 5) is 14.0. The molecule has 0 aromatic heterocycles. The van der Waals surface area contributed by atoms with E-state index in [1.165, 1.54) is 155 Å². The first kappa shape index (κ1) is 91.4. The molecule has 1 aliphatic rings. The van der Waals surface area contributed by atoms with Gasteiger partial charge in [-0.15, -0.1) is 0 Å². The molecule has 0 spiro atoms. The molecule has 10 heteroatoms. The van der Waals surface area contributed by atoms with E-state index in [4.69, 9.17) is 2.56 Å². The van der Waals surface area contributed by atoms with Gasteiger partial charge in [0.05, 0.1) is 13.9 Å². The molecule has 21 rings (SSSR count). The third kappa shape index (κ3) is 21.8. The maximum atomic E-state index is 5.90. The molecule has 0 aliphatic heterocycles. The molecule has 20 aromatic carbocycles. The minimum atomic E-state index is -0.417. The standard InChI is InChI=1S/C46H46N2.C44H32N2.C38H32N2.BHNP.H3P/c1-34-8-20-40(21-9-34)47(41-22-10-35(2)11-23-41)44-28-16-38(17-29-44)46(32-6-5-7-33-46)39-18-30-45(31-19-39)48(42-24-12-36(3)13-25-42)43-26-14-37(4)15-27-43;1-3-17-37(18-4-1)45(43-23-11-15-35-13-7-9-21-41(35)43)39-29-25-33(26-30-39)34-27-31-40(32-28-34)46(38-19-5-2-6-20-38)44-24-12-16-36-14-8-10-22-42(36)44;1-29-11-9-17-37(27-29)39(33-13-5-3-6-14-33)35-23-19-31(20-24-35)32-21-25-36(26-22-32)40(34-15-7-4-8-16-34)38-18-10-12-30(2)28-38;1-2-3;/h8-31H,5-7,32-33H2,1-4H3;1-32H;3-28H,1-2H3;3H;1H3/i;;;;1TD. The second-order valence-electron chi connectivity index (χ2n) is 35.4. The van der Waals surface area contributed by atoms with Crippen LogP contribution in [0.1, 0.15) is 76.6 Å². The molecule has 138 heavy (non-hydrogen) atoms. The zero-order valence-electron chi connectivity index (χ0n) is 81.1. The van der Waals surface area contributed by atoms with E-state index in [1.54, 1.807) is 0 Å². The molecule has 0 N–H and O–H groups in total. The second-order valence-corrected chi connectivity index (χ2v) is 35.7. The summed E-state index contributed by atoms with van der Waals surface area (Å²) in [5.74, 6) is 0. The number of anilines is 18. The zero-order chi connectivity index (χ0) is 96.5. The molecule has 2 radical (unpaired) electrons. The first-order valence-corrected chi connectivity index (χ1v) is 47.8. The molecule has 1 aliphatic carbocycles. The normalized spacial score (nSPS) is 12.0. The monoisotopic (exact) mass is 1820 g/mol. The van der Waals surface area contributed by atoms with Gasteiger partial charge in [-0.2, -0.15) is 9.79 Å². The topological polar surface area (TPSA) is 31.8 Å². The van der Waals surface area contributed by atoms with Gasteiger partial charge in [0, 0.05) is 107 Å². The third-order valence-electron chi connectivity index (χ3n) is 26.0. The fourth-order valence-electron chi connectivity index (χ4n) is 19.0. The molecule has 0 amide bonds. The van der Waals surface area contributed by atoms with Crippen LogP contribution in [0, 0.1) is 41.5 Å². The van der Waals surface area contributed by atoms with Crippen molar-refractivity contribution in [1.82, 2.24) is 0 Å². The van der Waals surface area contributed by atoms with Crippen LogP contribution < -0.4 is 29.4 Å². The van der Waals surface area contributed by atoms with Gasteiger partial charge in [-0.3, -0.25) is 0 Å². The van der Waals surface area contributed by atoms with E-state index < -0.39 is 9.79 Å². The molecular weight excluding hydrogens is 1710 g/mol. The van der Waals surface area contributed by atoms with Gasteiger partial charge in [0.1, 0.15) is 0 Å². The van der Waals surface area contributed by atoms with E-state index in [-0.39, 0.29) is 5.41 Å². The highest BCUT2D eigenvalue weighted by molar-refractivity contribution is 7.05. The van der Waals surface area contributed by atoms with Crippen molar-refractivity contribution in [2.75, 3.05) is 29.4 Å². The SMILES string of the molecule is Cc1ccc(N(c2ccc(C)cc2)c2ccc(C3(c4ccc(N(c5ccc(C)cc5)c5ccc(C)cc5)cc4)CCCCC3)cc2)cc1.Cc1cccc(N(c2ccccc2)c2ccc(-c3ccc(N(c4ccccc4)c4cccc(C)c4)cc3)cc2)c1.[2H]P[3H].[B]N=P.c1ccc(N(c2ccc(-c3ccc(N(c4ccccc4)c4cccc5ccccc45)cc3)cc2)c2cccc3ccccc23)cc1. The van der Waals surface area contributed by atoms with Gasteiger partial charge >= 0.3 is 0 Å². The Labute approximate surface area is 824 Å². The molecule has 1 atom stereocenters. The minimum absolute atomic E-state index is 0.00636. The lowest BCUT2D eigenvalue weighted by molar-refractivity contribution is 0.346. The van der Waals surface area contributed by atoms with Gasteiger partial charge in [-0.1, -0.05) is 333 Å². The van der Waals surface area contributed by atoms with Crippen LogP contribution in [-0.4, -0.2) is 10.5 Å². The van der Waals surface area contributed by atoms with Crippen LogP contribution >= 0.6 is 18.8 Å². The molecule has 7 nitrogen and oxygen atoms in total. The maximum absolute atomic E-state index is 5.90. The van der Waals surface area contributed by atoms with Crippen molar-refractivity contribution >= 4 is 151 Å². The lowest BCUT2D eigenvalue weighted by atomic mass is 9.65. The highest BCUT2D eigenvalue weighted by Gasteiger charge is 2.36. The van der Waals surface area contributed by atoms with Crippen molar-refractivity contribution in [1.29, 1.82) is 2.56 Å². The van der Waals surface area contributed by atoms with E-state index >= 15 is 0 Å². The second kappa shape index (κ2) is 44.7. The van der Waals surface area contributed by atoms with Gasteiger partial charge in [-0.25, -0.2) is 0 Å². The molecule has 20 aromatic rings. The Hall–Kier alpha value is -15.7. The Balaban J connectivity index is 0.000000141. The molecule has 674 valence electrons. The summed E-state index contributed by atoms with van der Waals surface area (Å²) >= 11 is 0. The number of hydrogen-bond acceptors (Lipinski definition) is 7. The minimum Gasteiger partial charge on any atom is -0.344 e.